The largest absolute Gasteiger partial charge is 0.369 e. The SMILES string of the molecule is CCCCn1c(C(=O)c2ccc(Cl)cc2)ccc1C(C)C(N)=O. The average Bonchev–Trinajstić information content (AvgIpc) is 2.95. The van der Waals surface area contributed by atoms with Gasteiger partial charge in [-0.25, -0.2) is 0 Å². The zero-order valence-corrected chi connectivity index (χ0v) is 14.1. The fraction of sp³-hybridized carbons (Fsp3) is 0.333. The molecular formula is C18H21ClN2O2. The summed E-state index contributed by atoms with van der Waals surface area (Å²) in [5.41, 5.74) is 7.35. The van der Waals surface area contributed by atoms with Crippen molar-refractivity contribution in [3.8, 4) is 0 Å². The number of amides is 1. The van der Waals surface area contributed by atoms with E-state index in [-0.39, 0.29) is 5.78 Å². The van der Waals surface area contributed by atoms with Crippen molar-refractivity contribution in [2.75, 3.05) is 0 Å². The number of carbonyl (C=O) groups is 2. The second kappa shape index (κ2) is 7.47. The van der Waals surface area contributed by atoms with Crippen LogP contribution in [-0.2, 0) is 11.3 Å². The summed E-state index contributed by atoms with van der Waals surface area (Å²) >= 11 is 5.87. The second-order valence-electron chi connectivity index (χ2n) is 5.61. The lowest BCUT2D eigenvalue weighted by molar-refractivity contribution is -0.119. The summed E-state index contributed by atoms with van der Waals surface area (Å²) in [5.74, 6) is -0.911. The first-order valence-corrected chi connectivity index (χ1v) is 8.12. The van der Waals surface area contributed by atoms with Gasteiger partial charge in [0.05, 0.1) is 11.6 Å². The fourth-order valence-electron chi connectivity index (χ4n) is 2.52. The molecule has 0 spiro atoms. The van der Waals surface area contributed by atoms with Gasteiger partial charge in [-0.15, -0.1) is 0 Å². The minimum Gasteiger partial charge on any atom is -0.369 e. The molecule has 2 N–H and O–H groups in total. The number of hydrogen-bond donors (Lipinski definition) is 1. The summed E-state index contributed by atoms with van der Waals surface area (Å²) in [6.45, 7) is 4.53. The van der Waals surface area contributed by atoms with Gasteiger partial charge in [0.25, 0.3) is 0 Å². The Morgan fingerprint density at radius 2 is 1.83 bits per heavy atom. The number of ketones is 1. The molecule has 23 heavy (non-hydrogen) atoms. The van der Waals surface area contributed by atoms with Crippen LogP contribution in [0.4, 0.5) is 0 Å². The fourth-order valence-corrected chi connectivity index (χ4v) is 2.65. The number of primary amides is 1. The molecule has 0 bridgehead atoms. The Bertz CT molecular complexity index is 704. The first-order chi connectivity index (χ1) is 11.0. The number of benzene rings is 1. The van der Waals surface area contributed by atoms with Crippen molar-refractivity contribution in [1.82, 2.24) is 4.57 Å². The van der Waals surface area contributed by atoms with E-state index in [0.717, 1.165) is 18.5 Å². The van der Waals surface area contributed by atoms with Crippen LogP contribution in [0, 0.1) is 0 Å². The third kappa shape index (κ3) is 3.82. The maximum atomic E-state index is 12.8. The van der Waals surface area contributed by atoms with E-state index in [1.807, 2.05) is 10.6 Å². The Kier molecular flexibility index (Phi) is 5.61. The van der Waals surface area contributed by atoms with Crippen molar-refractivity contribution in [2.45, 2.75) is 39.2 Å². The minimum atomic E-state index is -0.432. The Hall–Kier alpha value is -2.07. The highest BCUT2D eigenvalue weighted by Gasteiger charge is 2.22. The number of hydrogen-bond acceptors (Lipinski definition) is 2. The monoisotopic (exact) mass is 332 g/mol. The molecule has 5 heteroatoms. The molecular weight excluding hydrogens is 312 g/mol. The van der Waals surface area contributed by atoms with E-state index in [1.165, 1.54) is 0 Å². The summed E-state index contributed by atoms with van der Waals surface area (Å²) in [5, 5.41) is 0.589. The van der Waals surface area contributed by atoms with Crippen LogP contribution in [0.15, 0.2) is 36.4 Å². The van der Waals surface area contributed by atoms with Gasteiger partial charge in [-0.2, -0.15) is 0 Å². The topological polar surface area (TPSA) is 65.1 Å². The van der Waals surface area contributed by atoms with Gasteiger partial charge in [-0.1, -0.05) is 24.9 Å². The highest BCUT2D eigenvalue weighted by molar-refractivity contribution is 6.30. The van der Waals surface area contributed by atoms with Crippen LogP contribution in [-0.4, -0.2) is 16.3 Å². The Morgan fingerprint density at radius 3 is 2.39 bits per heavy atom. The van der Waals surface area contributed by atoms with Crippen molar-refractivity contribution >= 4 is 23.3 Å². The lowest BCUT2D eigenvalue weighted by Gasteiger charge is -2.15. The van der Waals surface area contributed by atoms with Crippen molar-refractivity contribution in [2.24, 2.45) is 5.73 Å². The van der Waals surface area contributed by atoms with E-state index in [0.29, 0.717) is 22.8 Å². The highest BCUT2D eigenvalue weighted by Crippen LogP contribution is 2.22. The van der Waals surface area contributed by atoms with E-state index in [4.69, 9.17) is 17.3 Å². The number of carbonyl (C=O) groups excluding carboxylic acids is 2. The van der Waals surface area contributed by atoms with E-state index < -0.39 is 11.8 Å². The molecule has 1 heterocycles. The van der Waals surface area contributed by atoms with Gasteiger partial charge in [0.15, 0.2) is 0 Å². The van der Waals surface area contributed by atoms with E-state index in [9.17, 15) is 9.59 Å². The van der Waals surface area contributed by atoms with Crippen LogP contribution in [0.1, 0.15) is 54.4 Å². The van der Waals surface area contributed by atoms with Gasteiger partial charge >= 0.3 is 0 Å². The molecule has 0 saturated carbocycles. The minimum absolute atomic E-state index is 0.0827. The van der Waals surface area contributed by atoms with E-state index in [1.54, 1.807) is 37.3 Å². The molecule has 122 valence electrons. The van der Waals surface area contributed by atoms with Gasteiger partial charge in [0.2, 0.25) is 11.7 Å². The van der Waals surface area contributed by atoms with Crippen LogP contribution in [0.3, 0.4) is 0 Å². The lowest BCUT2D eigenvalue weighted by atomic mass is 10.1. The molecule has 0 aliphatic carbocycles. The number of unbranched alkanes of at least 4 members (excludes halogenated alkanes) is 1. The predicted molar refractivity (Wildman–Crippen MR) is 91.8 cm³/mol. The molecule has 0 fully saturated rings. The predicted octanol–water partition coefficient (Wildman–Crippen LogP) is 3.76. The molecule has 0 radical (unpaired) electrons. The summed E-state index contributed by atoms with van der Waals surface area (Å²) in [6.07, 6.45) is 1.92. The number of nitrogens with two attached hydrogens (primary N) is 1. The summed E-state index contributed by atoms with van der Waals surface area (Å²) in [4.78, 5) is 24.3. The molecule has 4 nitrogen and oxygen atoms in total. The normalized spacial score (nSPS) is 12.1. The highest BCUT2D eigenvalue weighted by atomic mass is 35.5. The van der Waals surface area contributed by atoms with Gasteiger partial charge in [0.1, 0.15) is 0 Å². The van der Waals surface area contributed by atoms with Crippen LogP contribution in [0.2, 0.25) is 5.02 Å². The summed E-state index contributed by atoms with van der Waals surface area (Å²) < 4.78 is 1.91. The van der Waals surface area contributed by atoms with Crippen molar-refractivity contribution in [1.29, 1.82) is 0 Å². The molecule has 0 saturated heterocycles. The zero-order valence-electron chi connectivity index (χ0n) is 13.4. The molecule has 1 atom stereocenters. The van der Waals surface area contributed by atoms with Gasteiger partial charge in [0, 0.05) is 22.8 Å². The Morgan fingerprint density at radius 1 is 1.17 bits per heavy atom. The molecule has 2 aromatic rings. The third-order valence-electron chi connectivity index (χ3n) is 3.96. The van der Waals surface area contributed by atoms with E-state index in [2.05, 4.69) is 6.92 Å². The van der Waals surface area contributed by atoms with Gasteiger partial charge < -0.3 is 10.3 Å². The number of nitrogens with zero attached hydrogens (tertiary/aromatic N) is 1. The molecule has 1 unspecified atom stereocenters. The van der Waals surface area contributed by atoms with Gasteiger partial charge in [-0.3, -0.25) is 9.59 Å². The summed E-state index contributed by atoms with van der Waals surface area (Å²) in [7, 11) is 0. The lowest BCUT2D eigenvalue weighted by Crippen LogP contribution is -2.22. The molecule has 0 aliphatic heterocycles. The number of halogens is 1. The molecule has 0 aliphatic rings. The smallest absolute Gasteiger partial charge is 0.226 e. The first kappa shape index (κ1) is 17.3. The van der Waals surface area contributed by atoms with Crippen molar-refractivity contribution in [3.05, 3.63) is 58.4 Å². The standard InChI is InChI=1S/C18H21ClN2O2/c1-3-4-11-21-15(12(2)18(20)23)9-10-16(21)17(22)13-5-7-14(19)8-6-13/h5-10,12H,3-4,11H2,1-2H3,(H2,20,23). The van der Waals surface area contributed by atoms with Gasteiger partial charge in [-0.05, 0) is 49.7 Å². The Labute approximate surface area is 141 Å². The van der Waals surface area contributed by atoms with Crippen LogP contribution in [0.5, 0.6) is 0 Å². The zero-order chi connectivity index (χ0) is 17.0. The number of rotatable bonds is 7. The maximum Gasteiger partial charge on any atom is 0.226 e. The maximum absolute atomic E-state index is 12.8. The summed E-state index contributed by atoms with van der Waals surface area (Å²) in [6, 6.07) is 10.4. The first-order valence-electron chi connectivity index (χ1n) is 7.74. The van der Waals surface area contributed by atoms with Crippen molar-refractivity contribution in [3.63, 3.8) is 0 Å². The van der Waals surface area contributed by atoms with Crippen LogP contribution >= 0.6 is 11.6 Å². The third-order valence-corrected chi connectivity index (χ3v) is 4.21. The van der Waals surface area contributed by atoms with Crippen molar-refractivity contribution < 1.29 is 9.59 Å². The Balaban J connectivity index is 2.42. The van der Waals surface area contributed by atoms with Crippen LogP contribution in [0.25, 0.3) is 0 Å². The number of aromatic nitrogens is 1. The molecule has 1 aromatic heterocycles. The quantitative estimate of drug-likeness (QED) is 0.784. The molecule has 1 aromatic carbocycles. The molecule has 2 rings (SSSR count). The molecule has 1 amide bonds. The van der Waals surface area contributed by atoms with Crippen LogP contribution < -0.4 is 5.73 Å². The second-order valence-corrected chi connectivity index (χ2v) is 6.05. The average molecular weight is 333 g/mol. The van der Waals surface area contributed by atoms with E-state index >= 15 is 0 Å².